The van der Waals surface area contributed by atoms with Gasteiger partial charge in [0.15, 0.2) is 0 Å². The van der Waals surface area contributed by atoms with Crippen LogP contribution in [0.3, 0.4) is 0 Å². The summed E-state index contributed by atoms with van der Waals surface area (Å²) in [5.41, 5.74) is 11.3. The molecule has 0 unspecified atom stereocenters. The topological polar surface area (TPSA) is 69.1 Å². The van der Waals surface area contributed by atoms with E-state index in [-0.39, 0.29) is 5.91 Å². The summed E-state index contributed by atoms with van der Waals surface area (Å²) in [6.07, 6.45) is 0.867. The van der Waals surface area contributed by atoms with Crippen LogP contribution < -0.4 is 0 Å². The minimum Gasteiger partial charge on any atom is -0.338 e. The van der Waals surface area contributed by atoms with Crippen molar-refractivity contribution < 1.29 is 4.79 Å². The van der Waals surface area contributed by atoms with E-state index in [4.69, 9.17) is 5.53 Å². The molecule has 0 fully saturated rings. The zero-order valence-corrected chi connectivity index (χ0v) is 9.05. The summed E-state index contributed by atoms with van der Waals surface area (Å²) >= 11 is 0. The Morgan fingerprint density at radius 1 is 1.50 bits per heavy atom. The molecule has 2 rings (SSSR count). The van der Waals surface area contributed by atoms with E-state index in [1.54, 1.807) is 11.8 Å². The van der Waals surface area contributed by atoms with Gasteiger partial charge in [0.05, 0.1) is 0 Å². The van der Waals surface area contributed by atoms with Crippen molar-refractivity contribution >= 4 is 11.6 Å². The van der Waals surface area contributed by atoms with Crippen LogP contribution in [0.25, 0.3) is 10.4 Å². The first-order valence-electron chi connectivity index (χ1n) is 5.13. The zero-order chi connectivity index (χ0) is 11.5. The number of rotatable bonds is 1. The first kappa shape index (κ1) is 10.5. The maximum atomic E-state index is 11.3. The van der Waals surface area contributed by atoms with Crippen molar-refractivity contribution in [2.24, 2.45) is 5.11 Å². The molecular formula is C11H12N4O. The largest absolute Gasteiger partial charge is 0.338 e. The van der Waals surface area contributed by atoms with Gasteiger partial charge in [-0.15, -0.1) is 0 Å². The second-order valence-electron chi connectivity index (χ2n) is 3.83. The molecule has 1 aliphatic heterocycles. The molecule has 5 nitrogen and oxygen atoms in total. The van der Waals surface area contributed by atoms with Crippen molar-refractivity contribution in [2.45, 2.75) is 19.9 Å². The minimum absolute atomic E-state index is 0.0832. The third-order valence-corrected chi connectivity index (χ3v) is 2.81. The average Bonchev–Trinajstić information content (AvgIpc) is 2.28. The Morgan fingerprint density at radius 2 is 2.31 bits per heavy atom. The Labute approximate surface area is 93.3 Å². The smallest absolute Gasteiger partial charge is 0.219 e. The van der Waals surface area contributed by atoms with Crippen molar-refractivity contribution in [3.63, 3.8) is 0 Å². The van der Waals surface area contributed by atoms with Gasteiger partial charge in [-0.05, 0) is 29.1 Å². The third-order valence-electron chi connectivity index (χ3n) is 2.81. The highest BCUT2D eigenvalue weighted by molar-refractivity contribution is 5.73. The Hall–Kier alpha value is -2.00. The number of hydrogen-bond donors (Lipinski definition) is 0. The Bertz CT molecular complexity index is 477. The summed E-state index contributed by atoms with van der Waals surface area (Å²) in [6.45, 7) is 2.95. The Morgan fingerprint density at radius 3 is 3.00 bits per heavy atom. The molecule has 0 saturated heterocycles. The summed E-state index contributed by atoms with van der Waals surface area (Å²) in [5.74, 6) is 0.0832. The van der Waals surface area contributed by atoms with Crippen LogP contribution in [0, 0.1) is 0 Å². The molecule has 16 heavy (non-hydrogen) atoms. The number of nitrogens with zero attached hydrogens (tertiary/aromatic N) is 4. The Balaban J connectivity index is 2.31. The normalized spacial score (nSPS) is 13.9. The molecule has 0 N–H and O–H groups in total. The van der Waals surface area contributed by atoms with Gasteiger partial charge in [-0.25, -0.2) is 0 Å². The highest BCUT2D eigenvalue weighted by Gasteiger charge is 2.17. The summed E-state index contributed by atoms with van der Waals surface area (Å²) < 4.78 is 0. The van der Waals surface area contributed by atoms with Crippen molar-refractivity contribution in [1.29, 1.82) is 0 Å². The van der Waals surface area contributed by atoms with Gasteiger partial charge in [0.25, 0.3) is 0 Å². The SMILES string of the molecule is CC(=O)N1CCc2ccc(N=[N+]=[N-])cc2C1. The van der Waals surface area contributed by atoms with Crippen LogP contribution in [-0.4, -0.2) is 17.4 Å². The van der Waals surface area contributed by atoms with Gasteiger partial charge < -0.3 is 4.90 Å². The van der Waals surface area contributed by atoms with Crippen LogP contribution in [0.4, 0.5) is 5.69 Å². The van der Waals surface area contributed by atoms with E-state index in [0.29, 0.717) is 12.2 Å². The minimum atomic E-state index is 0.0832. The van der Waals surface area contributed by atoms with E-state index >= 15 is 0 Å². The summed E-state index contributed by atoms with van der Waals surface area (Å²) in [6, 6.07) is 5.63. The molecule has 1 amide bonds. The highest BCUT2D eigenvalue weighted by Crippen LogP contribution is 2.24. The molecule has 5 heteroatoms. The number of benzene rings is 1. The van der Waals surface area contributed by atoms with E-state index in [9.17, 15) is 4.79 Å². The molecule has 0 aromatic heterocycles. The number of azide groups is 1. The molecular weight excluding hydrogens is 204 g/mol. The van der Waals surface area contributed by atoms with Crippen molar-refractivity contribution in [3.8, 4) is 0 Å². The fourth-order valence-electron chi connectivity index (χ4n) is 1.93. The van der Waals surface area contributed by atoms with Crippen LogP contribution in [0.1, 0.15) is 18.1 Å². The van der Waals surface area contributed by atoms with Crippen LogP contribution in [0.15, 0.2) is 23.3 Å². The van der Waals surface area contributed by atoms with Crippen LogP contribution in [0.5, 0.6) is 0 Å². The Kier molecular flexibility index (Phi) is 2.79. The lowest BCUT2D eigenvalue weighted by Gasteiger charge is -2.28. The third kappa shape index (κ3) is 1.99. The summed E-state index contributed by atoms with van der Waals surface area (Å²) in [4.78, 5) is 15.8. The van der Waals surface area contributed by atoms with E-state index < -0.39 is 0 Å². The molecule has 1 aromatic rings. The molecule has 0 atom stereocenters. The van der Waals surface area contributed by atoms with E-state index in [1.807, 2.05) is 18.2 Å². The van der Waals surface area contributed by atoms with E-state index in [0.717, 1.165) is 18.5 Å². The quantitative estimate of drug-likeness (QED) is 0.404. The number of fused-ring (bicyclic) bond motifs is 1. The van der Waals surface area contributed by atoms with Gasteiger partial charge in [-0.3, -0.25) is 4.79 Å². The van der Waals surface area contributed by atoms with Gasteiger partial charge in [-0.2, -0.15) is 0 Å². The van der Waals surface area contributed by atoms with Gasteiger partial charge >= 0.3 is 0 Å². The number of carbonyl (C=O) groups excluding carboxylic acids is 1. The van der Waals surface area contributed by atoms with Crippen molar-refractivity contribution in [2.75, 3.05) is 6.54 Å². The molecule has 0 aliphatic carbocycles. The fraction of sp³-hybridized carbons (Fsp3) is 0.364. The summed E-state index contributed by atoms with van der Waals surface area (Å²) in [5, 5.41) is 3.56. The van der Waals surface area contributed by atoms with Gasteiger partial charge in [0, 0.05) is 30.6 Å². The standard InChI is InChI=1S/C11H12N4O/c1-8(16)15-5-4-9-2-3-11(13-14-12)6-10(9)7-15/h2-3,6H,4-5,7H2,1H3. The first-order chi connectivity index (χ1) is 7.70. The van der Waals surface area contributed by atoms with Crippen molar-refractivity contribution in [1.82, 2.24) is 4.90 Å². The summed E-state index contributed by atoms with van der Waals surface area (Å²) in [7, 11) is 0. The predicted octanol–water partition coefficient (Wildman–Crippen LogP) is 2.53. The average molecular weight is 216 g/mol. The molecule has 1 aromatic carbocycles. The van der Waals surface area contributed by atoms with Gasteiger partial charge in [0.1, 0.15) is 0 Å². The van der Waals surface area contributed by atoms with Crippen molar-refractivity contribution in [3.05, 3.63) is 39.8 Å². The zero-order valence-electron chi connectivity index (χ0n) is 9.05. The highest BCUT2D eigenvalue weighted by atomic mass is 16.2. The lowest BCUT2D eigenvalue weighted by Crippen LogP contribution is -2.34. The second-order valence-corrected chi connectivity index (χ2v) is 3.83. The number of hydrogen-bond acceptors (Lipinski definition) is 2. The van der Waals surface area contributed by atoms with E-state index in [1.165, 1.54) is 5.56 Å². The van der Waals surface area contributed by atoms with Gasteiger partial charge in [-0.1, -0.05) is 17.2 Å². The van der Waals surface area contributed by atoms with Crippen LogP contribution in [0.2, 0.25) is 0 Å². The molecule has 1 heterocycles. The van der Waals surface area contributed by atoms with Crippen LogP contribution in [-0.2, 0) is 17.8 Å². The predicted molar refractivity (Wildman–Crippen MR) is 60.0 cm³/mol. The molecule has 0 bridgehead atoms. The fourth-order valence-corrected chi connectivity index (χ4v) is 1.93. The van der Waals surface area contributed by atoms with Crippen LogP contribution >= 0.6 is 0 Å². The van der Waals surface area contributed by atoms with E-state index in [2.05, 4.69) is 10.0 Å². The molecule has 82 valence electrons. The number of carbonyl (C=O) groups is 1. The maximum absolute atomic E-state index is 11.3. The lowest BCUT2D eigenvalue weighted by atomic mass is 9.99. The molecule has 0 spiro atoms. The molecule has 0 radical (unpaired) electrons. The second kappa shape index (κ2) is 4.24. The molecule has 1 aliphatic rings. The lowest BCUT2D eigenvalue weighted by molar-refractivity contribution is -0.129. The molecule has 0 saturated carbocycles. The maximum Gasteiger partial charge on any atom is 0.219 e. The number of amides is 1. The monoisotopic (exact) mass is 216 g/mol. The van der Waals surface area contributed by atoms with Gasteiger partial charge in [0.2, 0.25) is 5.91 Å². The first-order valence-corrected chi connectivity index (χ1v) is 5.13.